The van der Waals surface area contributed by atoms with Crippen molar-refractivity contribution in [1.82, 2.24) is 9.55 Å². The van der Waals surface area contributed by atoms with E-state index in [0.717, 1.165) is 35.5 Å². The lowest BCUT2D eigenvalue weighted by Gasteiger charge is -2.13. The topological polar surface area (TPSA) is 64.0 Å². The summed E-state index contributed by atoms with van der Waals surface area (Å²) in [6, 6.07) is 17.2. The summed E-state index contributed by atoms with van der Waals surface area (Å²) in [7, 11) is 0. The van der Waals surface area contributed by atoms with Crippen molar-refractivity contribution in [1.29, 1.82) is 0 Å². The van der Waals surface area contributed by atoms with Gasteiger partial charge in [0.25, 0.3) is 5.56 Å². The van der Waals surface area contributed by atoms with Crippen LogP contribution in [0.15, 0.2) is 76.7 Å². The minimum absolute atomic E-state index is 0.146. The maximum atomic E-state index is 13.8. The molecule has 31 heavy (non-hydrogen) atoms. The monoisotopic (exact) mass is 437 g/mol. The van der Waals surface area contributed by atoms with Crippen LogP contribution < -0.4 is 10.9 Å². The Hall–Kier alpha value is -3.52. The maximum absolute atomic E-state index is 13.8. The highest BCUT2D eigenvalue weighted by atomic mass is 32.2. The van der Waals surface area contributed by atoms with E-state index in [2.05, 4.69) is 10.3 Å². The molecule has 0 aliphatic carbocycles. The van der Waals surface area contributed by atoms with Gasteiger partial charge in [0.1, 0.15) is 11.6 Å². The number of aryl methyl sites for hydroxylation is 1. The second kappa shape index (κ2) is 8.69. The van der Waals surface area contributed by atoms with Crippen molar-refractivity contribution < 1.29 is 13.6 Å². The highest BCUT2D eigenvalue weighted by Crippen LogP contribution is 2.22. The van der Waals surface area contributed by atoms with Crippen molar-refractivity contribution in [2.24, 2.45) is 0 Å². The molecule has 0 radical (unpaired) electrons. The molecule has 1 aromatic heterocycles. The molecule has 0 aliphatic heterocycles. The van der Waals surface area contributed by atoms with Gasteiger partial charge in [0.15, 0.2) is 5.16 Å². The molecule has 0 aliphatic rings. The summed E-state index contributed by atoms with van der Waals surface area (Å²) in [4.78, 5) is 30.1. The number of nitrogens with one attached hydrogen (secondary N) is 1. The van der Waals surface area contributed by atoms with Gasteiger partial charge < -0.3 is 5.32 Å². The van der Waals surface area contributed by atoms with E-state index in [0.29, 0.717) is 21.7 Å². The van der Waals surface area contributed by atoms with Gasteiger partial charge in [-0.15, -0.1) is 0 Å². The quantitative estimate of drug-likeness (QED) is 0.363. The van der Waals surface area contributed by atoms with Gasteiger partial charge in [-0.25, -0.2) is 13.8 Å². The molecule has 4 rings (SSSR count). The molecule has 3 aromatic carbocycles. The first-order chi connectivity index (χ1) is 14.9. The highest BCUT2D eigenvalue weighted by Gasteiger charge is 2.15. The zero-order chi connectivity index (χ0) is 22.0. The molecule has 156 valence electrons. The fraction of sp³-hybridized carbons (Fsp3) is 0.0870. The Morgan fingerprint density at radius 1 is 1.06 bits per heavy atom. The fourth-order valence-electron chi connectivity index (χ4n) is 3.04. The number of anilines is 1. The summed E-state index contributed by atoms with van der Waals surface area (Å²) in [5, 5.41) is 3.13. The van der Waals surface area contributed by atoms with E-state index >= 15 is 0 Å². The van der Waals surface area contributed by atoms with E-state index in [-0.39, 0.29) is 17.0 Å². The second-order valence-corrected chi connectivity index (χ2v) is 7.79. The molecule has 0 fully saturated rings. The van der Waals surface area contributed by atoms with E-state index < -0.39 is 17.5 Å². The van der Waals surface area contributed by atoms with Crippen LogP contribution in [0.3, 0.4) is 0 Å². The SMILES string of the molecule is Cc1ccc(-n2c(SCC(=O)Nc3cc(F)ccc3F)nc3ccccc3c2=O)cc1. The zero-order valence-corrected chi connectivity index (χ0v) is 17.2. The van der Waals surface area contributed by atoms with Gasteiger partial charge in [-0.05, 0) is 43.3 Å². The first-order valence-corrected chi connectivity index (χ1v) is 10.4. The average molecular weight is 437 g/mol. The molecule has 1 N–H and O–H groups in total. The van der Waals surface area contributed by atoms with Crippen LogP contribution in [0.1, 0.15) is 5.56 Å². The van der Waals surface area contributed by atoms with E-state index in [1.807, 2.05) is 19.1 Å². The van der Waals surface area contributed by atoms with Gasteiger partial charge >= 0.3 is 0 Å². The van der Waals surface area contributed by atoms with Crippen LogP contribution in [0.4, 0.5) is 14.5 Å². The Morgan fingerprint density at radius 3 is 2.58 bits per heavy atom. The molecule has 0 unspecified atom stereocenters. The molecular formula is C23H17F2N3O2S. The van der Waals surface area contributed by atoms with Crippen LogP contribution in [-0.4, -0.2) is 21.2 Å². The molecule has 0 saturated carbocycles. The van der Waals surface area contributed by atoms with Gasteiger partial charge in [-0.2, -0.15) is 0 Å². The average Bonchev–Trinajstić information content (AvgIpc) is 2.76. The zero-order valence-electron chi connectivity index (χ0n) is 16.4. The number of aromatic nitrogens is 2. The lowest BCUT2D eigenvalue weighted by Crippen LogP contribution is -2.23. The summed E-state index contributed by atoms with van der Waals surface area (Å²) in [5.74, 6) is -2.09. The number of hydrogen-bond acceptors (Lipinski definition) is 4. The Morgan fingerprint density at radius 2 is 1.81 bits per heavy atom. The number of para-hydroxylation sites is 1. The fourth-order valence-corrected chi connectivity index (χ4v) is 3.85. The molecule has 0 atom stereocenters. The lowest BCUT2D eigenvalue weighted by atomic mass is 10.2. The van der Waals surface area contributed by atoms with Crippen molar-refractivity contribution >= 4 is 34.3 Å². The molecule has 1 amide bonds. The van der Waals surface area contributed by atoms with Gasteiger partial charge in [-0.1, -0.05) is 41.6 Å². The number of fused-ring (bicyclic) bond motifs is 1. The Labute approximate surface area is 180 Å². The smallest absolute Gasteiger partial charge is 0.266 e. The Balaban J connectivity index is 1.67. The summed E-state index contributed by atoms with van der Waals surface area (Å²) in [5.41, 5.74) is 1.67. The second-order valence-electron chi connectivity index (χ2n) is 6.85. The van der Waals surface area contributed by atoms with E-state index in [4.69, 9.17) is 0 Å². The normalized spacial score (nSPS) is 10.9. The van der Waals surface area contributed by atoms with Crippen molar-refractivity contribution in [2.75, 3.05) is 11.1 Å². The Kier molecular flexibility index (Phi) is 5.81. The van der Waals surface area contributed by atoms with Gasteiger partial charge in [0.2, 0.25) is 5.91 Å². The van der Waals surface area contributed by atoms with Crippen LogP contribution in [0.5, 0.6) is 0 Å². The van der Waals surface area contributed by atoms with Crippen LogP contribution in [-0.2, 0) is 4.79 Å². The molecule has 1 heterocycles. The predicted molar refractivity (Wildman–Crippen MR) is 118 cm³/mol. The minimum Gasteiger partial charge on any atom is -0.323 e. The highest BCUT2D eigenvalue weighted by molar-refractivity contribution is 7.99. The van der Waals surface area contributed by atoms with Gasteiger partial charge in [-0.3, -0.25) is 14.2 Å². The summed E-state index contributed by atoms with van der Waals surface area (Å²) < 4.78 is 28.6. The summed E-state index contributed by atoms with van der Waals surface area (Å²) in [6.45, 7) is 1.94. The molecule has 0 spiro atoms. The molecule has 0 bridgehead atoms. The first-order valence-electron chi connectivity index (χ1n) is 9.39. The third-order valence-corrected chi connectivity index (χ3v) is 5.51. The van der Waals surface area contributed by atoms with Crippen LogP contribution in [0.2, 0.25) is 0 Å². The predicted octanol–water partition coefficient (Wildman–Crippen LogP) is 4.70. The first kappa shape index (κ1) is 20.7. The minimum atomic E-state index is -0.736. The van der Waals surface area contributed by atoms with E-state index in [1.54, 1.807) is 36.4 Å². The van der Waals surface area contributed by atoms with Gasteiger partial charge in [0, 0.05) is 6.07 Å². The van der Waals surface area contributed by atoms with Crippen molar-refractivity contribution in [3.63, 3.8) is 0 Å². The van der Waals surface area contributed by atoms with Crippen LogP contribution >= 0.6 is 11.8 Å². The van der Waals surface area contributed by atoms with E-state index in [9.17, 15) is 18.4 Å². The van der Waals surface area contributed by atoms with Crippen LogP contribution in [0.25, 0.3) is 16.6 Å². The molecule has 4 aromatic rings. The third kappa shape index (κ3) is 4.49. The van der Waals surface area contributed by atoms with Gasteiger partial charge in [0.05, 0.1) is 28.0 Å². The summed E-state index contributed by atoms with van der Waals surface area (Å²) in [6.07, 6.45) is 0. The van der Waals surface area contributed by atoms with Crippen LogP contribution in [0, 0.1) is 18.6 Å². The number of halogens is 2. The standard InChI is InChI=1S/C23H17F2N3O2S/c1-14-6-9-16(10-7-14)28-22(30)17-4-2-3-5-19(17)27-23(28)31-13-21(29)26-20-12-15(24)8-11-18(20)25/h2-12H,13H2,1H3,(H,26,29). The Bertz CT molecular complexity index is 1340. The number of carbonyl (C=O) groups excluding carboxylic acids is 1. The lowest BCUT2D eigenvalue weighted by molar-refractivity contribution is -0.113. The van der Waals surface area contributed by atoms with E-state index in [1.165, 1.54) is 4.57 Å². The number of nitrogens with zero attached hydrogens (tertiary/aromatic N) is 2. The third-order valence-electron chi connectivity index (χ3n) is 4.57. The van der Waals surface area contributed by atoms with Crippen molar-refractivity contribution in [2.45, 2.75) is 12.1 Å². The molecule has 0 saturated heterocycles. The molecule has 8 heteroatoms. The maximum Gasteiger partial charge on any atom is 0.266 e. The number of rotatable bonds is 5. The number of hydrogen-bond donors (Lipinski definition) is 1. The van der Waals surface area contributed by atoms with Crippen molar-refractivity contribution in [3.8, 4) is 5.69 Å². The van der Waals surface area contributed by atoms with Crippen molar-refractivity contribution in [3.05, 3.63) is 94.3 Å². The number of amides is 1. The number of thioether (sulfide) groups is 1. The number of benzene rings is 3. The summed E-state index contributed by atoms with van der Waals surface area (Å²) >= 11 is 1.04. The molecule has 5 nitrogen and oxygen atoms in total. The number of carbonyl (C=O) groups is 1. The molecular weight excluding hydrogens is 420 g/mol. The largest absolute Gasteiger partial charge is 0.323 e.